The quantitative estimate of drug-likeness (QED) is 0.139. The number of rotatable bonds is 8. The molecule has 0 bridgehead atoms. The van der Waals surface area contributed by atoms with E-state index in [4.69, 9.17) is 0 Å². The minimum Gasteiger partial charge on any atom is -0.309 e. The molecule has 11 aromatic carbocycles. The Morgan fingerprint density at radius 1 is 0.239 bits per heavy atom. The molecular weight excluding hydrogens is 1150 g/mol. The van der Waals surface area contributed by atoms with Gasteiger partial charge >= 0.3 is 6.18 Å². The molecule has 422 valence electrons. The molecule has 0 aliphatic heterocycles. The van der Waals surface area contributed by atoms with Gasteiger partial charge in [0.1, 0.15) is 0 Å². The fourth-order valence-corrected chi connectivity index (χ4v) is 12.3. The summed E-state index contributed by atoms with van der Waals surface area (Å²) in [6.07, 6.45) is -4.77. The number of alkyl halides is 3. The Morgan fingerprint density at radius 3 is 0.815 bits per heavy atom. The van der Waals surface area contributed by atoms with Crippen LogP contribution in [0, 0.1) is 113 Å². The zero-order chi connectivity index (χ0) is 64.1. The van der Waals surface area contributed by atoms with Crippen LogP contribution in [0.1, 0.15) is 61.2 Å². The third-order valence-electron chi connectivity index (χ3n) is 16.5. The van der Waals surface area contributed by atoms with Crippen molar-refractivity contribution >= 4 is 43.6 Å². The summed E-state index contributed by atoms with van der Waals surface area (Å²) in [5, 5.41) is 105. The maximum absolute atomic E-state index is 14.3. The van der Waals surface area contributed by atoms with Gasteiger partial charge in [0.2, 0.25) is 0 Å². The smallest absolute Gasteiger partial charge is 0.309 e. The first-order chi connectivity index (χ1) is 44.7. The highest BCUT2D eigenvalue weighted by atomic mass is 19.4. The van der Waals surface area contributed by atoms with E-state index in [1.165, 1.54) is 30.3 Å². The molecule has 0 N–H and O–H groups in total. The minimum atomic E-state index is -4.77. The number of fused-ring (bicyclic) bond motifs is 6. The molecule has 13 rings (SSSR count). The van der Waals surface area contributed by atoms with Gasteiger partial charge in [-0.3, -0.25) is 0 Å². The van der Waals surface area contributed by atoms with Crippen molar-refractivity contribution in [2.45, 2.75) is 6.18 Å². The third kappa shape index (κ3) is 9.52. The summed E-state index contributed by atoms with van der Waals surface area (Å²) in [7, 11) is 0. The molecule has 0 spiro atoms. The van der Waals surface area contributed by atoms with E-state index in [0.29, 0.717) is 138 Å². The number of halogens is 3. The van der Waals surface area contributed by atoms with Crippen molar-refractivity contribution in [1.29, 1.82) is 52.6 Å². The van der Waals surface area contributed by atoms with Crippen LogP contribution in [0.25, 0.3) is 122 Å². The molecule has 0 saturated heterocycles. The van der Waals surface area contributed by atoms with Crippen molar-refractivity contribution in [3.05, 3.63) is 261 Å². The van der Waals surface area contributed by atoms with Gasteiger partial charge in [-0.1, -0.05) is 60.7 Å². The summed E-state index contributed by atoms with van der Waals surface area (Å²) < 4.78 is 47.0. The Hall–Kier alpha value is -14.3. The highest BCUT2D eigenvalue weighted by Gasteiger charge is 2.32. The summed E-state index contributed by atoms with van der Waals surface area (Å²) in [5.41, 5.74) is 10.9. The van der Waals surface area contributed by atoms with E-state index in [2.05, 4.69) is 54.6 Å². The van der Waals surface area contributed by atoms with Crippen LogP contribution in [-0.4, -0.2) is 9.13 Å². The van der Waals surface area contributed by atoms with E-state index >= 15 is 0 Å². The van der Waals surface area contributed by atoms with E-state index in [-0.39, 0.29) is 38.9 Å². The largest absolute Gasteiger partial charge is 0.416 e. The number of benzene rings is 11. The van der Waals surface area contributed by atoms with E-state index in [1.807, 2.05) is 88.0 Å². The molecule has 0 amide bonds. The number of aromatic nitrogens is 2. The number of nitriles is 10. The second-order valence-electron chi connectivity index (χ2n) is 21.5. The summed E-state index contributed by atoms with van der Waals surface area (Å²) in [4.78, 5) is 0. The highest BCUT2D eigenvalue weighted by molar-refractivity contribution is 6.14. The summed E-state index contributed by atoms with van der Waals surface area (Å²) in [6.45, 7) is 0. The second kappa shape index (κ2) is 22.5. The van der Waals surface area contributed by atoms with Crippen LogP contribution in [0.4, 0.5) is 13.2 Å². The van der Waals surface area contributed by atoms with Gasteiger partial charge in [0.25, 0.3) is 0 Å². The van der Waals surface area contributed by atoms with Crippen molar-refractivity contribution in [2.75, 3.05) is 0 Å². The highest BCUT2D eigenvalue weighted by Crippen LogP contribution is 2.46. The molecule has 92 heavy (non-hydrogen) atoms. The van der Waals surface area contributed by atoms with Crippen molar-refractivity contribution in [3.63, 3.8) is 0 Å². The van der Waals surface area contributed by atoms with E-state index < -0.39 is 11.7 Å². The topological polar surface area (TPSA) is 248 Å². The maximum atomic E-state index is 14.3. The first-order valence-electron chi connectivity index (χ1n) is 28.0. The SMILES string of the molecule is N#Cc1ccc(-c2ccc3c(c2)c2cc(-c4ccc(C#N)cc4C#N)ccc2n3-c2ccc(C#N)cc2-c2cc(-c3ccc(C(F)(F)F)cc3C#N)ccc2-n2c3ccc(-c4ccc(C#N)cc4C#N)cc3c3cc(-c4ccc(C#N)cc4C#N)ccc32)c(C#N)c1. The lowest BCUT2D eigenvalue weighted by Crippen LogP contribution is -2.05. The second-order valence-corrected chi connectivity index (χ2v) is 21.5. The predicted octanol–water partition coefficient (Wildman–Crippen LogP) is 17.6. The summed E-state index contributed by atoms with van der Waals surface area (Å²) in [5.74, 6) is 0. The van der Waals surface area contributed by atoms with Crippen LogP contribution in [0.15, 0.2) is 200 Å². The van der Waals surface area contributed by atoms with Crippen LogP contribution in [-0.2, 0) is 6.18 Å². The molecule has 2 aromatic heterocycles. The Morgan fingerprint density at radius 2 is 0.500 bits per heavy atom. The molecule has 0 unspecified atom stereocenters. The van der Waals surface area contributed by atoms with Crippen LogP contribution < -0.4 is 0 Å². The molecule has 2 heterocycles. The van der Waals surface area contributed by atoms with Crippen LogP contribution in [0.2, 0.25) is 0 Å². The monoisotopic (exact) mass is 1180 g/mol. The molecule has 12 nitrogen and oxygen atoms in total. The number of hydrogen-bond donors (Lipinski definition) is 0. The van der Waals surface area contributed by atoms with E-state index in [1.54, 1.807) is 84.9 Å². The van der Waals surface area contributed by atoms with Gasteiger partial charge in [0.05, 0.1) is 155 Å². The average molecular weight is 1180 g/mol. The summed E-state index contributed by atoms with van der Waals surface area (Å²) >= 11 is 0. The van der Waals surface area contributed by atoms with Gasteiger partial charge in [-0.2, -0.15) is 65.8 Å². The van der Waals surface area contributed by atoms with Crippen molar-refractivity contribution in [3.8, 4) is 139 Å². The van der Waals surface area contributed by atoms with Gasteiger partial charge in [-0.05, 0) is 195 Å². The Bertz CT molecular complexity index is 5640. The standard InChI is InChI=1S/C77H33F3N12/c78-77(79,80)59-11-16-64(58(28-59)43-90)53-10-18-72(92-75-21-8-51(62-14-3-46(36-83)25-56(62)41-88)32-69(75)70-33-52(9-22-76(70)92)63-15-4-47(37-84)26-57(63)42-89)66(29-53)65-27-48(38-85)5-17-71(65)91-73-19-6-49(60-12-1-44(34-81)23-54(60)39-86)30-67(73)68-31-50(7-20-74(68)91)61-13-2-45(35-82)24-55(61)40-87/h1-33H. The fraction of sp³-hybridized carbons (Fsp3) is 0.0130. The molecule has 0 saturated carbocycles. The lowest BCUT2D eigenvalue weighted by molar-refractivity contribution is -0.137. The first-order valence-corrected chi connectivity index (χ1v) is 28.0. The van der Waals surface area contributed by atoms with Crippen LogP contribution >= 0.6 is 0 Å². The lowest BCUT2D eigenvalue weighted by Gasteiger charge is -2.20. The predicted molar refractivity (Wildman–Crippen MR) is 340 cm³/mol. The van der Waals surface area contributed by atoms with E-state index in [9.17, 15) is 65.8 Å². The molecule has 13 aromatic rings. The zero-order valence-corrected chi connectivity index (χ0v) is 47.6. The van der Waals surface area contributed by atoms with E-state index in [0.717, 1.165) is 12.1 Å². The van der Waals surface area contributed by atoms with Crippen LogP contribution in [0.3, 0.4) is 0 Å². The Labute approximate surface area is 522 Å². The van der Waals surface area contributed by atoms with Crippen molar-refractivity contribution in [2.24, 2.45) is 0 Å². The molecular formula is C77H33F3N12. The third-order valence-corrected chi connectivity index (χ3v) is 16.5. The average Bonchev–Trinajstić information content (AvgIpc) is 1.61. The van der Waals surface area contributed by atoms with Crippen molar-refractivity contribution < 1.29 is 13.2 Å². The molecule has 0 fully saturated rings. The number of nitrogens with zero attached hydrogens (tertiary/aromatic N) is 12. The molecule has 0 radical (unpaired) electrons. The Balaban J connectivity index is 1.14. The van der Waals surface area contributed by atoms with Gasteiger partial charge in [0.15, 0.2) is 0 Å². The van der Waals surface area contributed by atoms with Crippen molar-refractivity contribution in [1.82, 2.24) is 9.13 Å². The normalized spacial score (nSPS) is 10.9. The van der Waals surface area contributed by atoms with Gasteiger partial charge < -0.3 is 9.13 Å². The van der Waals surface area contributed by atoms with Gasteiger partial charge in [-0.25, -0.2) is 0 Å². The minimum absolute atomic E-state index is 0.185. The van der Waals surface area contributed by atoms with Gasteiger partial charge in [0, 0.05) is 32.7 Å². The lowest BCUT2D eigenvalue weighted by atomic mass is 9.92. The number of hydrogen-bond acceptors (Lipinski definition) is 10. The Kier molecular flexibility index (Phi) is 13.9. The molecule has 0 atom stereocenters. The molecule has 15 heteroatoms. The molecule has 0 aliphatic rings. The van der Waals surface area contributed by atoms with Gasteiger partial charge in [-0.15, -0.1) is 0 Å². The maximum Gasteiger partial charge on any atom is 0.416 e. The summed E-state index contributed by atoms with van der Waals surface area (Å²) in [6, 6.07) is 77.2. The zero-order valence-electron chi connectivity index (χ0n) is 47.6. The first kappa shape index (κ1) is 56.8. The van der Waals surface area contributed by atoms with Crippen LogP contribution in [0.5, 0.6) is 0 Å². The fourth-order valence-electron chi connectivity index (χ4n) is 12.3. The molecule has 0 aliphatic carbocycles.